The van der Waals surface area contributed by atoms with Gasteiger partial charge in [-0.05, 0) is 0 Å². The molecule has 0 saturated carbocycles. The van der Waals surface area contributed by atoms with E-state index in [9.17, 15) is 9.59 Å². The first kappa shape index (κ1) is 11.7. The van der Waals surface area contributed by atoms with E-state index in [2.05, 4.69) is 5.32 Å². The van der Waals surface area contributed by atoms with Gasteiger partial charge in [-0.3, -0.25) is 4.79 Å². The van der Waals surface area contributed by atoms with E-state index in [4.69, 9.17) is 9.84 Å². The number of carbonyl (C=O) groups excluding carboxylic acids is 1. The molecule has 0 spiro atoms. The maximum absolute atomic E-state index is 11.0. The molecule has 0 heterocycles. The van der Waals surface area contributed by atoms with Gasteiger partial charge in [0.2, 0.25) is 0 Å². The highest BCUT2D eigenvalue weighted by atomic mass is 16.5. The second kappa shape index (κ2) is 6.24. The molecule has 2 N–H and O–H groups in total. The largest absolute Gasteiger partial charge is 0.480 e. The Labute approximate surface area is 76.5 Å². The number of amides is 2. The number of carboxylic acids is 1. The number of ether oxygens (including phenoxy) is 1. The Balaban J connectivity index is 3.63. The standard InChI is InChI=1S/C7H14N2O4/c1-9(3-4-13-2)7(12)8-5-6(10)11/h3-5H2,1-2H3,(H,8,12)(H,10,11). The summed E-state index contributed by atoms with van der Waals surface area (Å²) in [5, 5.41) is 10.5. The summed E-state index contributed by atoms with van der Waals surface area (Å²) in [6.45, 7) is 0.495. The molecule has 0 aromatic carbocycles. The zero-order chi connectivity index (χ0) is 10.3. The lowest BCUT2D eigenvalue weighted by Gasteiger charge is -2.16. The quantitative estimate of drug-likeness (QED) is 0.604. The van der Waals surface area contributed by atoms with E-state index in [0.29, 0.717) is 13.2 Å². The highest BCUT2D eigenvalue weighted by Crippen LogP contribution is 1.83. The molecule has 0 aromatic rings. The van der Waals surface area contributed by atoms with Gasteiger partial charge in [0.1, 0.15) is 6.54 Å². The van der Waals surface area contributed by atoms with Crippen molar-refractivity contribution in [2.24, 2.45) is 0 Å². The molecule has 76 valence electrons. The van der Waals surface area contributed by atoms with Crippen molar-refractivity contribution in [3.63, 3.8) is 0 Å². The molecule has 0 fully saturated rings. The highest BCUT2D eigenvalue weighted by Gasteiger charge is 2.08. The van der Waals surface area contributed by atoms with Crippen molar-refractivity contribution >= 4 is 12.0 Å². The summed E-state index contributed by atoms with van der Waals surface area (Å²) >= 11 is 0. The number of nitrogens with one attached hydrogen (secondary N) is 1. The topological polar surface area (TPSA) is 78.9 Å². The molecule has 0 aliphatic rings. The van der Waals surface area contributed by atoms with Gasteiger partial charge in [-0.2, -0.15) is 0 Å². The molecule has 6 heteroatoms. The summed E-state index contributed by atoms with van der Waals surface area (Å²) in [5.74, 6) is -1.06. The first-order chi connectivity index (χ1) is 6.07. The Bertz CT molecular complexity index is 183. The predicted molar refractivity (Wildman–Crippen MR) is 45.5 cm³/mol. The van der Waals surface area contributed by atoms with Crippen LogP contribution in [-0.4, -0.2) is 55.9 Å². The molecule has 0 aliphatic carbocycles. The molecule has 0 saturated heterocycles. The van der Waals surface area contributed by atoms with Crippen molar-refractivity contribution in [1.82, 2.24) is 10.2 Å². The molecule has 0 aromatic heterocycles. The Hall–Kier alpha value is -1.30. The third kappa shape index (κ3) is 5.92. The molecule has 0 rings (SSSR count). The maximum Gasteiger partial charge on any atom is 0.323 e. The SMILES string of the molecule is COCCN(C)C(=O)NCC(=O)O. The van der Waals surface area contributed by atoms with Crippen LogP contribution >= 0.6 is 0 Å². The number of aliphatic carboxylic acids is 1. The number of urea groups is 1. The summed E-state index contributed by atoms with van der Waals surface area (Å²) in [7, 11) is 3.10. The third-order valence-electron chi connectivity index (χ3n) is 1.37. The van der Waals surface area contributed by atoms with Crippen molar-refractivity contribution in [3.05, 3.63) is 0 Å². The predicted octanol–water partition coefficient (Wildman–Crippen LogP) is -0.641. The fraction of sp³-hybridized carbons (Fsp3) is 0.714. The van der Waals surface area contributed by atoms with Crippen LogP contribution in [0.2, 0.25) is 0 Å². The Kier molecular flexibility index (Phi) is 5.62. The van der Waals surface area contributed by atoms with Crippen LogP contribution in [0.1, 0.15) is 0 Å². The van der Waals surface area contributed by atoms with Crippen LogP contribution in [-0.2, 0) is 9.53 Å². The number of methoxy groups -OCH3 is 1. The first-order valence-electron chi connectivity index (χ1n) is 3.77. The van der Waals surface area contributed by atoms with Gasteiger partial charge < -0.3 is 20.1 Å². The molecule has 6 nitrogen and oxygen atoms in total. The number of nitrogens with zero attached hydrogens (tertiary/aromatic N) is 1. The van der Waals surface area contributed by atoms with Crippen LogP contribution in [0.15, 0.2) is 0 Å². The van der Waals surface area contributed by atoms with Crippen molar-refractivity contribution in [1.29, 1.82) is 0 Å². The van der Waals surface area contributed by atoms with Crippen LogP contribution in [0.5, 0.6) is 0 Å². The van der Waals surface area contributed by atoms with E-state index in [1.807, 2.05) is 0 Å². The number of likely N-dealkylation sites (N-methyl/N-ethyl adjacent to an activating group) is 1. The summed E-state index contributed by atoms with van der Waals surface area (Å²) in [6, 6.07) is -0.417. The Morgan fingerprint density at radius 3 is 2.62 bits per heavy atom. The van der Waals surface area contributed by atoms with Crippen molar-refractivity contribution < 1.29 is 19.4 Å². The van der Waals surface area contributed by atoms with Crippen molar-refractivity contribution in [2.45, 2.75) is 0 Å². The van der Waals surface area contributed by atoms with E-state index in [1.165, 1.54) is 12.0 Å². The summed E-state index contributed by atoms with van der Waals surface area (Å²) in [6.07, 6.45) is 0. The number of hydrogen-bond acceptors (Lipinski definition) is 3. The molecule has 13 heavy (non-hydrogen) atoms. The third-order valence-corrected chi connectivity index (χ3v) is 1.37. The second-order valence-corrected chi connectivity index (χ2v) is 2.47. The molecule has 0 aliphatic heterocycles. The first-order valence-corrected chi connectivity index (χ1v) is 3.77. The van der Waals surface area contributed by atoms with E-state index in [0.717, 1.165) is 0 Å². The van der Waals surface area contributed by atoms with Gasteiger partial charge in [-0.1, -0.05) is 0 Å². The van der Waals surface area contributed by atoms with Gasteiger partial charge in [0.25, 0.3) is 0 Å². The van der Waals surface area contributed by atoms with Crippen LogP contribution < -0.4 is 5.32 Å². The number of hydrogen-bond donors (Lipinski definition) is 2. The lowest BCUT2D eigenvalue weighted by Crippen LogP contribution is -2.41. The van der Waals surface area contributed by atoms with Crippen LogP contribution in [0.25, 0.3) is 0 Å². The molecular weight excluding hydrogens is 176 g/mol. The Morgan fingerprint density at radius 2 is 2.15 bits per heavy atom. The second-order valence-electron chi connectivity index (χ2n) is 2.47. The monoisotopic (exact) mass is 190 g/mol. The summed E-state index contributed by atoms with van der Waals surface area (Å²) in [5.41, 5.74) is 0. The molecule has 0 bridgehead atoms. The Morgan fingerprint density at radius 1 is 1.54 bits per heavy atom. The lowest BCUT2D eigenvalue weighted by atomic mass is 10.6. The van der Waals surface area contributed by atoms with Gasteiger partial charge in [0.05, 0.1) is 6.61 Å². The maximum atomic E-state index is 11.0. The van der Waals surface area contributed by atoms with Gasteiger partial charge in [0.15, 0.2) is 0 Å². The lowest BCUT2D eigenvalue weighted by molar-refractivity contribution is -0.135. The smallest absolute Gasteiger partial charge is 0.323 e. The van der Waals surface area contributed by atoms with E-state index >= 15 is 0 Å². The normalized spacial score (nSPS) is 9.38. The number of carboxylic acid groups (broad SMARTS) is 1. The van der Waals surface area contributed by atoms with E-state index in [1.54, 1.807) is 7.05 Å². The van der Waals surface area contributed by atoms with Crippen LogP contribution in [0.3, 0.4) is 0 Å². The van der Waals surface area contributed by atoms with Crippen molar-refractivity contribution in [2.75, 3.05) is 33.9 Å². The summed E-state index contributed by atoms with van der Waals surface area (Å²) in [4.78, 5) is 22.5. The van der Waals surface area contributed by atoms with E-state index in [-0.39, 0.29) is 6.54 Å². The number of carbonyl (C=O) groups is 2. The van der Waals surface area contributed by atoms with Gasteiger partial charge in [-0.15, -0.1) is 0 Å². The minimum Gasteiger partial charge on any atom is -0.480 e. The van der Waals surface area contributed by atoms with Gasteiger partial charge in [0, 0.05) is 20.7 Å². The highest BCUT2D eigenvalue weighted by molar-refractivity contribution is 5.79. The molecule has 0 radical (unpaired) electrons. The van der Waals surface area contributed by atoms with E-state index < -0.39 is 12.0 Å². The molecule has 0 atom stereocenters. The zero-order valence-electron chi connectivity index (χ0n) is 7.74. The average molecular weight is 190 g/mol. The minimum absolute atomic E-state index is 0.365. The number of rotatable bonds is 5. The van der Waals surface area contributed by atoms with Gasteiger partial charge in [-0.25, -0.2) is 4.79 Å². The fourth-order valence-corrected chi connectivity index (χ4v) is 0.616. The molecule has 2 amide bonds. The zero-order valence-corrected chi connectivity index (χ0v) is 7.74. The molecular formula is C7H14N2O4. The fourth-order valence-electron chi connectivity index (χ4n) is 0.616. The van der Waals surface area contributed by atoms with Crippen LogP contribution in [0.4, 0.5) is 4.79 Å². The minimum atomic E-state index is -1.06. The average Bonchev–Trinajstić information content (AvgIpc) is 2.10. The van der Waals surface area contributed by atoms with Gasteiger partial charge >= 0.3 is 12.0 Å². The van der Waals surface area contributed by atoms with Crippen molar-refractivity contribution in [3.8, 4) is 0 Å². The summed E-state index contributed by atoms with van der Waals surface area (Å²) < 4.78 is 4.75. The molecule has 0 unspecified atom stereocenters. The van der Waals surface area contributed by atoms with Crippen LogP contribution in [0, 0.1) is 0 Å².